The molecule has 8 heteroatoms. The Morgan fingerprint density at radius 1 is 0.593 bits per heavy atom. The molecule has 0 aliphatic rings. The molecule has 164 valence electrons. The van der Waals surface area contributed by atoms with E-state index in [0.29, 0.717) is 5.92 Å². The van der Waals surface area contributed by atoms with Crippen molar-refractivity contribution in [2.24, 2.45) is 11.8 Å². The Labute approximate surface area is 169 Å². The van der Waals surface area contributed by atoms with Gasteiger partial charge in [-0.15, -0.1) is 0 Å². The van der Waals surface area contributed by atoms with Gasteiger partial charge >= 0.3 is 17.6 Å². The standard InChI is InChI=1S/C19H44O6Si2/c1-9-18(2)14-15-19(12-10-16-26(20-3,21-4)22-5)13-11-17-27(23-6,24-7)25-8/h18-19H,9-17H2,1-8H3. The van der Waals surface area contributed by atoms with Crippen molar-refractivity contribution in [1.82, 2.24) is 0 Å². The first-order valence-electron chi connectivity index (χ1n) is 10.2. The van der Waals surface area contributed by atoms with Crippen LogP contribution in [0.15, 0.2) is 0 Å². The van der Waals surface area contributed by atoms with Crippen LogP contribution in [0.4, 0.5) is 0 Å². The first-order valence-corrected chi connectivity index (χ1v) is 14.1. The zero-order chi connectivity index (χ0) is 20.8. The van der Waals surface area contributed by atoms with Crippen LogP contribution in [0.1, 0.15) is 58.8 Å². The van der Waals surface area contributed by atoms with Crippen LogP contribution in [-0.4, -0.2) is 60.3 Å². The van der Waals surface area contributed by atoms with Crippen molar-refractivity contribution >= 4 is 17.6 Å². The molecule has 0 aromatic rings. The average Bonchev–Trinajstić information content (AvgIpc) is 2.72. The second-order valence-corrected chi connectivity index (χ2v) is 13.5. The molecule has 1 unspecified atom stereocenters. The van der Waals surface area contributed by atoms with Crippen molar-refractivity contribution < 1.29 is 26.6 Å². The highest BCUT2D eigenvalue weighted by Crippen LogP contribution is 2.28. The van der Waals surface area contributed by atoms with Crippen LogP contribution in [-0.2, 0) is 26.6 Å². The number of hydrogen-bond donors (Lipinski definition) is 0. The van der Waals surface area contributed by atoms with Crippen molar-refractivity contribution in [3.05, 3.63) is 0 Å². The quantitative estimate of drug-likeness (QED) is 0.296. The highest BCUT2D eigenvalue weighted by atomic mass is 28.4. The molecule has 1 atom stereocenters. The molecule has 0 spiro atoms. The minimum absolute atomic E-state index is 0.688. The Bertz CT molecular complexity index is 309. The molecular formula is C19H44O6Si2. The number of rotatable bonds is 18. The minimum Gasteiger partial charge on any atom is -0.377 e. The van der Waals surface area contributed by atoms with Gasteiger partial charge in [0, 0.05) is 54.7 Å². The Morgan fingerprint density at radius 2 is 0.963 bits per heavy atom. The molecule has 0 aliphatic heterocycles. The van der Waals surface area contributed by atoms with E-state index in [1.807, 2.05) is 0 Å². The smallest absolute Gasteiger partial charge is 0.377 e. The summed E-state index contributed by atoms with van der Waals surface area (Å²) in [6.45, 7) is 4.61. The summed E-state index contributed by atoms with van der Waals surface area (Å²) in [5.74, 6) is 1.47. The normalized spacial score (nSPS) is 14.1. The van der Waals surface area contributed by atoms with E-state index in [9.17, 15) is 0 Å². The highest BCUT2D eigenvalue weighted by Gasteiger charge is 2.38. The summed E-state index contributed by atoms with van der Waals surface area (Å²) in [7, 11) is 5.17. The molecule has 0 radical (unpaired) electrons. The van der Waals surface area contributed by atoms with E-state index in [1.165, 1.54) is 32.1 Å². The molecule has 6 nitrogen and oxygen atoms in total. The van der Waals surface area contributed by atoms with Crippen LogP contribution < -0.4 is 0 Å². The summed E-state index contributed by atoms with van der Waals surface area (Å²) >= 11 is 0. The third-order valence-electron chi connectivity index (χ3n) is 5.82. The fourth-order valence-corrected chi connectivity index (χ4v) is 6.98. The molecule has 0 bridgehead atoms. The summed E-state index contributed by atoms with van der Waals surface area (Å²) in [4.78, 5) is 0. The molecule has 0 saturated carbocycles. The van der Waals surface area contributed by atoms with E-state index >= 15 is 0 Å². The van der Waals surface area contributed by atoms with Gasteiger partial charge in [-0.1, -0.05) is 46.0 Å². The van der Waals surface area contributed by atoms with Gasteiger partial charge in [-0.3, -0.25) is 0 Å². The van der Waals surface area contributed by atoms with Gasteiger partial charge in [0.05, 0.1) is 0 Å². The zero-order valence-electron chi connectivity index (χ0n) is 19.0. The van der Waals surface area contributed by atoms with Crippen LogP contribution >= 0.6 is 0 Å². The summed E-state index contributed by atoms with van der Waals surface area (Å²) in [5, 5.41) is 0. The van der Waals surface area contributed by atoms with Crippen LogP contribution in [0.3, 0.4) is 0 Å². The lowest BCUT2D eigenvalue weighted by atomic mass is 9.89. The Hall–Kier alpha value is 0.194. The lowest BCUT2D eigenvalue weighted by molar-refractivity contribution is 0.121. The lowest BCUT2D eigenvalue weighted by Gasteiger charge is -2.27. The molecule has 0 aromatic carbocycles. The van der Waals surface area contributed by atoms with Crippen molar-refractivity contribution in [3.63, 3.8) is 0 Å². The van der Waals surface area contributed by atoms with Crippen molar-refractivity contribution in [2.75, 3.05) is 42.7 Å². The van der Waals surface area contributed by atoms with Crippen molar-refractivity contribution in [3.8, 4) is 0 Å². The maximum atomic E-state index is 5.55. The van der Waals surface area contributed by atoms with Gasteiger partial charge in [0.2, 0.25) is 0 Å². The second-order valence-electron chi connectivity index (χ2n) is 7.33. The van der Waals surface area contributed by atoms with E-state index in [0.717, 1.165) is 30.8 Å². The predicted molar refractivity (Wildman–Crippen MR) is 114 cm³/mol. The van der Waals surface area contributed by atoms with Gasteiger partial charge in [0.1, 0.15) is 0 Å². The van der Waals surface area contributed by atoms with Gasteiger partial charge < -0.3 is 26.6 Å². The van der Waals surface area contributed by atoms with Gasteiger partial charge in [0.15, 0.2) is 0 Å². The van der Waals surface area contributed by atoms with Crippen molar-refractivity contribution in [2.45, 2.75) is 70.9 Å². The van der Waals surface area contributed by atoms with E-state index in [1.54, 1.807) is 42.7 Å². The Morgan fingerprint density at radius 3 is 1.26 bits per heavy atom. The summed E-state index contributed by atoms with van der Waals surface area (Å²) in [6.07, 6.45) is 8.25. The second kappa shape index (κ2) is 15.1. The third kappa shape index (κ3) is 9.98. The average molecular weight is 425 g/mol. The predicted octanol–water partition coefficient (Wildman–Crippen LogP) is 4.75. The monoisotopic (exact) mass is 424 g/mol. The molecule has 0 saturated heterocycles. The van der Waals surface area contributed by atoms with Gasteiger partial charge in [-0.2, -0.15) is 0 Å². The van der Waals surface area contributed by atoms with Crippen LogP contribution in [0.5, 0.6) is 0 Å². The first-order chi connectivity index (χ1) is 12.9. The Balaban J connectivity index is 4.64. The zero-order valence-corrected chi connectivity index (χ0v) is 21.0. The third-order valence-corrected chi connectivity index (χ3v) is 11.5. The Kier molecular flexibility index (Phi) is 15.2. The summed E-state index contributed by atoms with van der Waals surface area (Å²) in [5.41, 5.74) is 0. The summed E-state index contributed by atoms with van der Waals surface area (Å²) < 4.78 is 33.3. The lowest BCUT2D eigenvalue weighted by Crippen LogP contribution is -2.42. The molecule has 0 amide bonds. The minimum atomic E-state index is -2.47. The highest BCUT2D eigenvalue weighted by molar-refractivity contribution is 6.60. The molecule has 27 heavy (non-hydrogen) atoms. The number of hydrogen-bond acceptors (Lipinski definition) is 6. The molecular weight excluding hydrogens is 380 g/mol. The fourth-order valence-electron chi connectivity index (χ4n) is 3.48. The maximum Gasteiger partial charge on any atom is 0.500 e. The molecule has 0 aliphatic carbocycles. The molecule has 0 N–H and O–H groups in total. The maximum absolute atomic E-state index is 5.55. The molecule has 0 fully saturated rings. The van der Waals surface area contributed by atoms with E-state index in [-0.39, 0.29) is 0 Å². The van der Waals surface area contributed by atoms with Gasteiger partial charge in [0.25, 0.3) is 0 Å². The molecule has 0 rings (SSSR count). The topological polar surface area (TPSA) is 55.4 Å². The van der Waals surface area contributed by atoms with Gasteiger partial charge in [-0.25, -0.2) is 0 Å². The van der Waals surface area contributed by atoms with Crippen molar-refractivity contribution in [1.29, 1.82) is 0 Å². The van der Waals surface area contributed by atoms with Crippen LogP contribution in [0.2, 0.25) is 12.1 Å². The molecule has 0 heterocycles. The van der Waals surface area contributed by atoms with E-state index in [4.69, 9.17) is 26.6 Å². The van der Waals surface area contributed by atoms with Gasteiger partial charge in [-0.05, 0) is 24.7 Å². The SMILES string of the molecule is CCC(C)CCC(CCC[Si](OC)(OC)OC)CCC[Si](OC)(OC)OC. The molecule has 0 aromatic heterocycles. The van der Waals surface area contributed by atoms with E-state index < -0.39 is 17.6 Å². The van der Waals surface area contributed by atoms with Crippen LogP contribution in [0.25, 0.3) is 0 Å². The summed E-state index contributed by atoms with van der Waals surface area (Å²) in [6, 6.07) is 1.73. The van der Waals surface area contributed by atoms with Crippen LogP contribution in [0, 0.1) is 11.8 Å². The largest absolute Gasteiger partial charge is 0.500 e. The first kappa shape index (κ1) is 27.2. The fraction of sp³-hybridized carbons (Fsp3) is 1.00. The van der Waals surface area contributed by atoms with E-state index in [2.05, 4.69) is 13.8 Å².